The predicted molar refractivity (Wildman–Crippen MR) is 146 cm³/mol. The molecule has 4 rings (SSSR count). The molecule has 190 valence electrons. The Hall–Kier alpha value is -4.04. The van der Waals surface area contributed by atoms with Crippen LogP contribution in [-0.4, -0.2) is 24.8 Å². The molecule has 0 unspecified atom stereocenters. The van der Waals surface area contributed by atoms with Gasteiger partial charge in [-0.3, -0.25) is 4.79 Å². The van der Waals surface area contributed by atoms with E-state index in [0.717, 1.165) is 22.4 Å². The van der Waals surface area contributed by atoms with Crippen LogP contribution >= 0.6 is 11.8 Å². The Kier molecular flexibility index (Phi) is 8.64. The van der Waals surface area contributed by atoms with Gasteiger partial charge in [-0.2, -0.15) is 0 Å². The lowest BCUT2D eigenvalue weighted by molar-refractivity contribution is -0.115. The number of halogens is 1. The van der Waals surface area contributed by atoms with Crippen molar-refractivity contribution in [3.8, 4) is 17.2 Å². The standard InChI is InChI=1S/C29H27FN2O4S/c1-4-6-21-15-20(16-25(34-3)27(21)36-18-19-7-9-22(30)10-8-19)17-26-28(33)32-29(37-26)31-23-11-13-24(14-12-23)35-5-2/h4,7-17H,1,5-6,18H2,2-3H3,(H,31,32,33)/b26-17+. The molecule has 1 heterocycles. The van der Waals surface area contributed by atoms with Gasteiger partial charge in [-0.25, -0.2) is 9.38 Å². The zero-order valence-corrected chi connectivity index (χ0v) is 21.4. The molecule has 8 heteroatoms. The van der Waals surface area contributed by atoms with Crippen molar-refractivity contribution < 1.29 is 23.4 Å². The van der Waals surface area contributed by atoms with Crippen LogP contribution in [0, 0.1) is 5.82 Å². The largest absolute Gasteiger partial charge is 0.494 e. The van der Waals surface area contributed by atoms with E-state index in [1.54, 1.807) is 31.4 Å². The summed E-state index contributed by atoms with van der Waals surface area (Å²) in [6.07, 6.45) is 4.10. The Balaban J connectivity index is 1.55. The fourth-order valence-electron chi connectivity index (χ4n) is 3.66. The number of thioether (sulfide) groups is 1. The van der Waals surface area contributed by atoms with E-state index in [1.807, 2.05) is 43.3 Å². The van der Waals surface area contributed by atoms with Crippen molar-refractivity contribution in [1.82, 2.24) is 5.32 Å². The highest BCUT2D eigenvalue weighted by Crippen LogP contribution is 2.36. The molecule has 0 spiro atoms. The van der Waals surface area contributed by atoms with Gasteiger partial charge in [0.25, 0.3) is 5.91 Å². The molecule has 0 radical (unpaired) electrons. The van der Waals surface area contributed by atoms with Gasteiger partial charge in [0.2, 0.25) is 0 Å². The highest BCUT2D eigenvalue weighted by Gasteiger charge is 2.24. The third-order valence-corrected chi connectivity index (χ3v) is 6.27. The van der Waals surface area contributed by atoms with Crippen molar-refractivity contribution in [3.63, 3.8) is 0 Å². The number of hydrogen-bond donors (Lipinski definition) is 1. The highest BCUT2D eigenvalue weighted by atomic mass is 32.2. The van der Waals surface area contributed by atoms with Crippen molar-refractivity contribution in [2.45, 2.75) is 20.0 Å². The first kappa shape index (κ1) is 26.0. The smallest absolute Gasteiger partial charge is 0.264 e. The molecular weight excluding hydrogens is 491 g/mol. The van der Waals surface area contributed by atoms with Gasteiger partial charge in [0.05, 0.1) is 24.3 Å². The summed E-state index contributed by atoms with van der Waals surface area (Å²) in [5.74, 6) is 1.35. The number of nitrogens with one attached hydrogen (secondary N) is 1. The van der Waals surface area contributed by atoms with Gasteiger partial charge in [0.1, 0.15) is 18.2 Å². The molecule has 37 heavy (non-hydrogen) atoms. The second kappa shape index (κ2) is 12.3. The highest BCUT2D eigenvalue weighted by molar-refractivity contribution is 8.18. The summed E-state index contributed by atoms with van der Waals surface area (Å²) in [4.78, 5) is 17.7. The van der Waals surface area contributed by atoms with Crippen LogP contribution in [0.15, 0.2) is 83.2 Å². The van der Waals surface area contributed by atoms with Crippen LogP contribution in [0.2, 0.25) is 0 Å². The molecule has 1 saturated heterocycles. The number of carbonyl (C=O) groups excluding carboxylic acids is 1. The van der Waals surface area contributed by atoms with Crippen molar-refractivity contribution in [2.24, 2.45) is 4.99 Å². The number of aliphatic imine (C=N–C) groups is 1. The van der Waals surface area contributed by atoms with Crippen molar-refractivity contribution in [3.05, 3.63) is 101 Å². The second-order valence-electron chi connectivity index (χ2n) is 8.03. The van der Waals surface area contributed by atoms with Gasteiger partial charge in [0, 0.05) is 5.56 Å². The summed E-state index contributed by atoms with van der Waals surface area (Å²) < 4.78 is 30.4. The first-order valence-electron chi connectivity index (χ1n) is 11.7. The van der Waals surface area contributed by atoms with Crippen molar-refractivity contribution in [1.29, 1.82) is 0 Å². The number of nitrogens with zero attached hydrogens (tertiary/aromatic N) is 1. The molecule has 0 saturated carbocycles. The molecule has 1 N–H and O–H groups in total. The Morgan fingerprint density at radius 2 is 1.84 bits per heavy atom. The van der Waals surface area contributed by atoms with Gasteiger partial charge in [-0.15, -0.1) is 6.58 Å². The summed E-state index contributed by atoms with van der Waals surface area (Å²) in [6.45, 7) is 6.62. The Labute approximate surface area is 219 Å². The number of benzene rings is 3. The van der Waals surface area contributed by atoms with Crippen LogP contribution in [0.25, 0.3) is 6.08 Å². The average molecular weight is 519 g/mol. The fraction of sp³-hybridized carbons (Fsp3) is 0.172. The van der Waals surface area contributed by atoms with Crippen LogP contribution in [0.1, 0.15) is 23.6 Å². The van der Waals surface area contributed by atoms with E-state index in [2.05, 4.69) is 16.9 Å². The lowest BCUT2D eigenvalue weighted by Gasteiger charge is -2.16. The van der Waals surface area contributed by atoms with Gasteiger partial charge in [0.15, 0.2) is 16.7 Å². The summed E-state index contributed by atoms with van der Waals surface area (Å²) in [5.41, 5.74) is 3.18. The molecule has 1 fully saturated rings. The molecule has 6 nitrogen and oxygen atoms in total. The first-order chi connectivity index (χ1) is 18.0. The molecule has 0 aromatic heterocycles. The molecule has 3 aromatic carbocycles. The van der Waals surface area contributed by atoms with E-state index < -0.39 is 0 Å². The minimum atomic E-state index is -0.299. The first-order valence-corrected chi connectivity index (χ1v) is 12.5. The Bertz CT molecular complexity index is 1340. The maximum absolute atomic E-state index is 13.2. The molecular formula is C29H27FN2O4S. The summed E-state index contributed by atoms with van der Waals surface area (Å²) in [6, 6.07) is 17.3. The number of rotatable bonds is 10. The average Bonchev–Trinajstić information content (AvgIpc) is 3.23. The molecule has 0 bridgehead atoms. The monoisotopic (exact) mass is 518 g/mol. The lowest BCUT2D eigenvalue weighted by Crippen LogP contribution is -2.19. The summed E-state index contributed by atoms with van der Waals surface area (Å²) >= 11 is 1.26. The minimum Gasteiger partial charge on any atom is -0.494 e. The van der Waals surface area contributed by atoms with E-state index in [-0.39, 0.29) is 18.3 Å². The summed E-state index contributed by atoms with van der Waals surface area (Å²) in [5, 5.41) is 3.31. The Morgan fingerprint density at radius 3 is 2.51 bits per heavy atom. The normalized spacial score (nSPS) is 15.1. The van der Waals surface area contributed by atoms with E-state index in [4.69, 9.17) is 14.2 Å². The number of hydrogen-bond acceptors (Lipinski definition) is 6. The number of ether oxygens (including phenoxy) is 3. The molecule has 3 aromatic rings. The molecule has 0 aliphatic carbocycles. The zero-order valence-electron chi connectivity index (χ0n) is 20.6. The predicted octanol–water partition coefficient (Wildman–Crippen LogP) is 6.43. The molecule has 1 aliphatic heterocycles. The molecule has 0 atom stereocenters. The molecule has 1 amide bonds. The van der Waals surface area contributed by atoms with Crippen LogP contribution < -0.4 is 19.5 Å². The second-order valence-corrected chi connectivity index (χ2v) is 9.06. The number of amides is 1. The van der Waals surface area contributed by atoms with E-state index >= 15 is 0 Å². The molecule has 1 aliphatic rings. The maximum Gasteiger partial charge on any atom is 0.264 e. The van der Waals surface area contributed by atoms with Crippen LogP contribution in [0.4, 0.5) is 10.1 Å². The van der Waals surface area contributed by atoms with E-state index in [9.17, 15) is 9.18 Å². The zero-order chi connectivity index (χ0) is 26.2. The number of amidine groups is 1. The topological polar surface area (TPSA) is 69.2 Å². The third kappa shape index (κ3) is 6.80. The van der Waals surface area contributed by atoms with E-state index in [1.165, 1.54) is 23.9 Å². The third-order valence-electron chi connectivity index (χ3n) is 5.36. The SMILES string of the molecule is C=CCc1cc(/C=C2/SC(=Nc3ccc(OCC)cc3)NC2=O)cc(OC)c1OCc1ccc(F)cc1. The Morgan fingerprint density at radius 1 is 1.08 bits per heavy atom. The van der Waals surface area contributed by atoms with Crippen LogP contribution in [-0.2, 0) is 17.8 Å². The van der Waals surface area contributed by atoms with Crippen LogP contribution in [0.3, 0.4) is 0 Å². The van der Waals surface area contributed by atoms with E-state index in [0.29, 0.717) is 40.3 Å². The number of methoxy groups -OCH3 is 1. The minimum absolute atomic E-state index is 0.226. The van der Waals surface area contributed by atoms with Crippen molar-refractivity contribution in [2.75, 3.05) is 13.7 Å². The summed E-state index contributed by atoms with van der Waals surface area (Å²) in [7, 11) is 1.56. The van der Waals surface area contributed by atoms with Gasteiger partial charge in [-0.05, 0) is 90.8 Å². The van der Waals surface area contributed by atoms with Crippen molar-refractivity contribution >= 4 is 34.6 Å². The fourth-order valence-corrected chi connectivity index (χ4v) is 4.50. The quantitative estimate of drug-likeness (QED) is 0.247. The number of allylic oxidation sites excluding steroid dienone is 1. The van der Waals surface area contributed by atoms with Gasteiger partial charge < -0.3 is 19.5 Å². The van der Waals surface area contributed by atoms with Gasteiger partial charge in [-0.1, -0.05) is 18.2 Å². The lowest BCUT2D eigenvalue weighted by atomic mass is 10.0. The van der Waals surface area contributed by atoms with Gasteiger partial charge >= 0.3 is 0 Å². The maximum atomic E-state index is 13.2. The van der Waals surface area contributed by atoms with Crippen LogP contribution in [0.5, 0.6) is 17.2 Å². The number of carbonyl (C=O) groups is 1.